The Bertz CT molecular complexity index is 850. The van der Waals surface area contributed by atoms with Gasteiger partial charge in [-0.15, -0.1) is 0 Å². The number of aryl methyl sites for hydroxylation is 1. The molecule has 2 aromatic carbocycles. The molecule has 0 unspecified atom stereocenters. The average molecular weight is 391 g/mol. The fourth-order valence-corrected chi connectivity index (χ4v) is 2.85. The van der Waals surface area contributed by atoms with E-state index in [1.54, 1.807) is 12.1 Å². The highest BCUT2D eigenvalue weighted by molar-refractivity contribution is 7.89. The zero-order valence-corrected chi connectivity index (χ0v) is 16.3. The van der Waals surface area contributed by atoms with Crippen molar-refractivity contribution in [2.75, 3.05) is 26.7 Å². The second-order valence-corrected chi connectivity index (χ2v) is 7.93. The molecule has 0 bridgehead atoms. The van der Waals surface area contributed by atoms with Crippen LogP contribution in [-0.2, 0) is 21.4 Å². The fourth-order valence-electron chi connectivity index (χ4n) is 2.33. The zero-order valence-electron chi connectivity index (χ0n) is 15.5. The summed E-state index contributed by atoms with van der Waals surface area (Å²) >= 11 is 0. The number of hydrogen-bond acceptors (Lipinski definition) is 5. The predicted octanol–water partition coefficient (Wildman–Crippen LogP) is 1.27. The van der Waals surface area contributed by atoms with Gasteiger partial charge in [-0.1, -0.05) is 29.8 Å². The molecule has 0 saturated carbocycles. The van der Waals surface area contributed by atoms with Crippen molar-refractivity contribution in [1.82, 2.24) is 10.2 Å². The molecule has 3 N–H and O–H groups in total. The molecular formula is C19H25N3O4S. The molecule has 7 nitrogen and oxygen atoms in total. The molecule has 146 valence electrons. The van der Waals surface area contributed by atoms with E-state index >= 15 is 0 Å². The fraction of sp³-hybridized carbons (Fsp3) is 0.316. The van der Waals surface area contributed by atoms with Crippen molar-refractivity contribution in [2.45, 2.75) is 18.4 Å². The number of nitrogens with one attached hydrogen (secondary N) is 1. The first-order valence-electron chi connectivity index (χ1n) is 8.50. The number of rotatable bonds is 9. The van der Waals surface area contributed by atoms with Crippen LogP contribution in [-0.4, -0.2) is 46.0 Å². The average Bonchev–Trinajstić information content (AvgIpc) is 2.61. The molecule has 0 radical (unpaired) electrons. The smallest absolute Gasteiger partial charge is 0.238 e. The van der Waals surface area contributed by atoms with Crippen LogP contribution in [0.2, 0.25) is 0 Å². The second kappa shape index (κ2) is 9.50. The number of likely N-dealkylation sites (N-methyl/N-ethyl adjacent to an activating group) is 1. The number of benzene rings is 2. The van der Waals surface area contributed by atoms with Crippen LogP contribution in [0.15, 0.2) is 53.4 Å². The number of primary sulfonamides is 1. The number of carbonyl (C=O) groups is 1. The Balaban J connectivity index is 1.69. The van der Waals surface area contributed by atoms with Gasteiger partial charge in [-0.05, 0) is 43.8 Å². The maximum absolute atomic E-state index is 12.0. The van der Waals surface area contributed by atoms with Crippen molar-refractivity contribution in [2.24, 2.45) is 5.14 Å². The van der Waals surface area contributed by atoms with Gasteiger partial charge < -0.3 is 10.1 Å². The summed E-state index contributed by atoms with van der Waals surface area (Å²) in [6, 6.07) is 13.9. The van der Waals surface area contributed by atoms with E-state index < -0.39 is 10.0 Å². The third-order valence-electron chi connectivity index (χ3n) is 3.92. The van der Waals surface area contributed by atoms with Crippen LogP contribution in [0.5, 0.6) is 5.75 Å². The van der Waals surface area contributed by atoms with E-state index in [9.17, 15) is 13.2 Å². The first-order chi connectivity index (χ1) is 12.7. The van der Waals surface area contributed by atoms with Gasteiger partial charge in [0, 0.05) is 13.1 Å². The second-order valence-electron chi connectivity index (χ2n) is 6.36. The molecule has 8 heteroatoms. The molecule has 0 saturated heterocycles. The summed E-state index contributed by atoms with van der Waals surface area (Å²) in [5.41, 5.74) is 1.97. The Morgan fingerprint density at radius 2 is 1.74 bits per heavy atom. The number of carbonyl (C=O) groups excluding carboxylic acids is 1. The molecule has 0 aliphatic rings. The minimum atomic E-state index is -3.70. The highest BCUT2D eigenvalue weighted by Gasteiger charge is 2.09. The van der Waals surface area contributed by atoms with Gasteiger partial charge in [0.25, 0.3) is 0 Å². The van der Waals surface area contributed by atoms with Gasteiger partial charge in [0.15, 0.2) is 0 Å². The summed E-state index contributed by atoms with van der Waals surface area (Å²) in [4.78, 5) is 13.9. The molecule has 0 atom stereocenters. The lowest BCUT2D eigenvalue weighted by Crippen LogP contribution is -2.36. The van der Waals surface area contributed by atoms with Crippen LogP contribution in [0.3, 0.4) is 0 Å². The Hall–Kier alpha value is -2.42. The van der Waals surface area contributed by atoms with Gasteiger partial charge in [-0.25, -0.2) is 13.6 Å². The first kappa shape index (κ1) is 20.9. The lowest BCUT2D eigenvalue weighted by atomic mass is 10.2. The van der Waals surface area contributed by atoms with E-state index in [4.69, 9.17) is 9.88 Å². The Morgan fingerprint density at radius 1 is 1.11 bits per heavy atom. The van der Waals surface area contributed by atoms with Crippen molar-refractivity contribution < 1.29 is 17.9 Å². The molecule has 1 amide bonds. The monoisotopic (exact) mass is 391 g/mol. The Morgan fingerprint density at radius 3 is 2.33 bits per heavy atom. The molecule has 0 fully saturated rings. The summed E-state index contributed by atoms with van der Waals surface area (Å²) in [5.74, 6) is 0.685. The Labute approximate surface area is 160 Å². The molecule has 27 heavy (non-hydrogen) atoms. The highest BCUT2D eigenvalue weighted by Crippen LogP contribution is 2.11. The Kier molecular flexibility index (Phi) is 7.35. The molecule has 0 aliphatic heterocycles. The number of nitrogens with two attached hydrogens (primary N) is 1. The third kappa shape index (κ3) is 7.38. The highest BCUT2D eigenvalue weighted by atomic mass is 32.2. The van der Waals surface area contributed by atoms with Gasteiger partial charge >= 0.3 is 0 Å². The summed E-state index contributed by atoms with van der Waals surface area (Å²) in [7, 11) is -1.86. The number of nitrogens with zero attached hydrogens (tertiary/aromatic N) is 1. The largest absolute Gasteiger partial charge is 0.492 e. The van der Waals surface area contributed by atoms with E-state index in [0.29, 0.717) is 19.7 Å². The quantitative estimate of drug-likeness (QED) is 0.670. The normalized spacial score (nSPS) is 11.4. The van der Waals surface area contributed by atoms with Crippen LogP contribution in [0.1, 0.15) is 11.1 Å². The van der Waals surface area contributed by atoms with Crippen molar-refractivity contribution >= 4 is 15.9 Å². The van der Waals surface area contributed by atoms with Gasteiger partial charge in [0.05, 0.1) is 11.4 Å². The SMILES string of the molecule is Cc1ccc(OCCN(C)CC(=O)NCc2ccc(S(N)(=O)=O)cc2)cc1. The van der Waals surface area contributed by atoms with E-state index in [2.05, 4.69) is 5.32 Å². The molecule has 0 aromatic heterocycles. The minimum absolute atomic E-state index is 0.0471. The summed E-state index contributed by atoms with van der Waals surface area (Å²) in [6.07, 6.45) is 0. The number of ether oxygens (including phenoxy) is 1. The van der Waals surface area contributed by atoms with E-state index in [0.717, 1.165) is 11.3 Å². The van der Waals surface area contributed by atoms with Crippen LogP contribution in [0.25, 0.3) is 0 Å². The number of amides is 1. The lowest BCUT2D eigenvalue weighted by Gasteiger charge is -2.16. The molecule has 0 aliphatic carbocycles. The predicted molar refractivity (Wildman–Crippen MR) is 104 cm³/mol. The van der Waals surface area contributed by atoms with Crippen molar-refractivity contribution in [3.05, 3.63) is 59.7 Å². The van der Waals surface area contributed by atoms with E-state index in [1.807, 2.05) is 43.1 Å². The van der Waals surface area contributed by atoms with Crippen molar-refractivity contribution in [3.63, 3.8) is 0 Å². The third-order valence-corrected chi connectivity index (χ3v) is 4.85. The molecule has 2 aromatic rings. The maximum atomic E-state index is 12.0. The van der Waals surface area contributed by atoms with Crippen LogP contribution >= 0.6 is 0 Å². The van der Waals surface area contributed by atoms with E-state index in [-0.39, 0.29) is 17.3 Å². The van der Waals surface area contributed by atoms with E-state index in [1.165, 1.54) is 17.7 Å². The molecule has 2 rings (SSSR count). The first-order valence-corrected chi connectivity index (χ1v) is 10.0. The van der Waals surface area contributed by atoms with Gasteiger partial charge in [0.2, 0.25) is 15.9 Å². The summed E-state index contributed by atoms with van der Waals surface area (Å²) in [5, 5.41) is 7.85. The van der Waals surface area contributed by atoms with Crippen LogP contribution in [0, 0.1) is 6.92 Å². The molecule has 0 heterocycles. The van der Waals surface area contributed by atoms with Gasteiger partial charge in [-0.3, -0.25) is 9.69 Å². The van der Waals surface area contributed by atoms with Crippen LogP contribution in [0.4, 0.5) is 0 Å². The van der Waals surface area contributed by atoms with Crippen molar-refractivity contribution in [3.8, 4) is 5.75 Å². The number of sulfonamides is 1. The zero-order chi connectivity index (χ0) is 19.9. The summed E-state index contributed by atoms with van der Waals surface area (Å²) in [6.45, 7) is 3.68. The molecule has 0 spiro atoms. The summed E-state index contributed by atoms with van der Waals surface area (Å²) < 4.78 is 28.1. The van der Waals surface area contributed by atoms with Crippen molar-refractivity contribution in [1.29, 1.82) is 0 Å². The topological polar surface area (TPSA) is 102 Å². The maximum Gasteiger partial charge on any atom is 0.238 e. The minimum Gasteiger partial charge on any atom is -0.492 e. The molecular weight excluding hydrogens is 366 g/mol. The van der Waals surface area contributed by atoms with Gasteiger partial charge in [0.1, 0.15) is 12.4 Å². The van der Waals surface area contributed by atoms with Crippen LogP contribution < -0.4 is 15.2 Å². The number of hydrogen-bond donors (Lipinski definition) is 2. The standard InChI is InChI=1S/C19H25N3O4S/c1-15-3-7-17(8-4-15)26-12-11-22(2)14-19(23)21-13-16-5-9-18(10-6-16)27(20,24)25/h3-10H,11-14H2,1-2H3,(H,21,23)(H2,20,24,25). The van der Waals surface area contributed by atoms with Gasteiger partial charge in [-0.2, -0.15) is 0 Å². The lowest BCUT2D eigenvalue weighted by molar-refractivity contribution is -0.122.